The van der Waals surface area contributed by atoms with Crippen LogP contribution in [0.4, 0.5) is 10.1 Å². The molecule has 5 heteroatoms. The number of rotatable bonds is 4. The molecule has 0 radical (unpaired) electrons. The van der Waals surface area contributed by atoms with E-state index in [0.29, 0.717) is 0 Å². The molecule has 0 aliphatic heterocycles. The Hall–Kier alpha value is -1.62. The van der Waals surface area contributed by atoms with Gasteiger partial charge in [0.25, 0.3) is 0 Å². The van der Waals surface area contributed by atoms with E-state index >= 15 is 0 Å². The molecule has 0 heterocycles. The summed E-state index contributed by atoms with van der Waals surface area (Å²) in [7, 11) is 0. The van der Waals surface area contributed by atoms with Crippen molar-refractivity contribution in [2.45, 2.75) is 19.4 Å². The number of benzene rings is 1. The molecular weight excluding hydrogens is 213 g/mol. The quantitative estimate of drug-likeness (QED) is 0.732. The zero-order chi connectivity index (χ0) is 12.3. The van der Waals surface area contributed by atoms with Gasteiger partial charge in [-0.2, -0.15) is 0 Å². The second-order valence-corrected chi connectivity index (χ2v) is 4.13. The van der Waals surface area contributed by atoms with Crippen molar-refractivity contribution in [3.8, 4) is 0 Å². The number of carboxylic acid groups (broad SMARTS) is 1. The highest BCUT2D eigenvalue weighted by molar-refractivity contribution is 5.94. The molecule has 0 fully saturated rings. The topological polar surface area (TPSA) is 69.6 Å². The smallest absolute Gasteiger partial charge is 0.337 e. The van der Waals surface area contributed by atoms with Gasteiger partial charge in [-0.3, -0.25) is 0 Å². The summed E-state index contributed by atoms with van der Waals surface area (Å²) in [5.74, 6) is -1.86. The molecule has 0 aliphatic rings. The molecule has 0 saturated heterocycles. The van der Waals surface area contributed by atoms with Gasteiger partial charge in [0, 0.05) is 0 Å². The molecule has 0 amide bonds. The van der Waals surface area contributed by atoms with E-state index < -0.39 is 17.3 Å². The number of hydrogen-bond acceptors (Lipinski definition) is 3. The first kappa shape index (κ1) is 12.4. The van der Waals surface area contributed by atoms with Crippen molar-refractivity contribution in [2.75, 3.05) is 11.9 Å². The first-order chi connectivity index (χ1) is 7.37. The highest BCUT2D eigenvalue weighted by Crippen LogP contribution is 2.23. The van der Waals surface area contributed by atoms with Gasteiger partial charge in [0.2, 0.25) is 0 Å². The number of aliphatic hydroxyl groups excluding tert-OH is 1. The lowest BCUT2D eigenvalue weighted by Gasteiger charge is -2.26. The van der Waals surface area contributed by atoms with Crippen LogP contribution in [0, 0.1) is 5.82 Å². The number of aliphatic hydroxyl groups is 1. The molecule has 4 nitrogen and oxygen atoms in total. The Morgan fingerprint density at radius 2 is 2.12 bits per heavy atom. The normalized spacial score (nSPS) is 11.2. The van der Waals surface area contributed by atoms with E-state index in [-0.39, 0.29) is 17.9 Å². The highest BCUT2D eigenvalue weighted by atomic mass is 19.1. The molecular formula is C11H14FNO3. The van der Waals surface area contributed by atoms with Crippen LogP contribution >= 0.6 is 0 Å². The molecule has 1 rings (SSSR count). The van der Waals surface area contributed by atoms with E-state index in [1.54, 1.807) is 13.8 Å². The van der Waals surface area contributed by atoms with E-state index in [1.807, 2.05) is 0 Å². The maximum atomic E-state index is 13.5. The maximum absolute atomic E-state index is 13.5. The number of halogens is 1. The van der Waals surface area contributed by atoms with Gasteiger partial charge in [-0.25, -0.2) is 9.18 Å². The van der Waals surface area contributed by atoms with Crippen LogP contribution in [0.2, 0.25) is 0 Å². The zero-order valence-corrected chi connectivity index (χ0v) is 9.12. The van der Waals surface area contributed by atoms with Crippen LogP contribution in [-0.4, -0.2) is 28.3 Å². The van der Waals surface area contributed by atoms with Gasteiger partial charge in [0.05, 0.1) is 23.4 Å². The number of carbonyl (C=O) groups is 1. The number of hydrogen-bond donors (Lipinski definition) is 3. The Morgan fingerprint density at radius 3 is 2.62 bits per heavy atom. The SMILES string of the molecule is CC(C)(CO)Nc1c(F)cccc1C(=O)O. The number of aromatic carboxylic acids is 1. The van der Waals surface area contributed by atoms with Crippen LogP contribution in [0.15, 0.2) is 18.2 Å². The summed E-state index contributed by atoms with van der Waals surface area (Å²) in [6.45, 7) is 3.05. The van der Waals surface area contributed by atoms with Gasteiger partial charge in [-0.05, 0) is 26.0 Å². The number of nitrogens with one attached hydrogen (secondary N) is 1. The second kappa shape index (κ2) is 4.49. The predicted molar refractivity (Wildman–Crippen MR) is 58.1 cm³/mol. The third-order valence-corrected chi connectivity index (χ3v) is 2.10. The summed E-state index contributed by atoms with van der Waals surface area (Å²) in [5, 5.41) is 20.6. The van der Waals surface area contributed by atoms with Crippen LogP contribution < -0.4 is 5.32 Å². The van der Waals surface area contributed by atoms with Crippen LogP contribution in [0.5, 0.6) is 0 Å². The van der Waals surface area contributed by atoms with Crippen molar-refractivity contribution in [3.63, 3.8) is 0 Å². The van der Waals surface area contributed by atoms with E-state index in [9.17, 15) is 9.18 Å². The molecule has 0 atom stereocenters. The fourth-order valence-corrected chi connectivity index (χ4v) is 1.21. The van der Waals surface area contributed by atoms with Gasteiger partial charge in [-0.1, -0.05) is 6.07 Å². The fourth-order valence-electron chi connectivity index (χ4n) is 1.21. The second-order valence-electron chi connectivity index (χ2n) is 4.13. The molecule has 0 bridgehead atoms. The molecule has 16 heavy (non-hydrogen) atoms. The number of carboxylic acids is 1. The third kappa shape index (κ3) is 2.70. The summed E-state index contributed by atoms with van der Waals surface area (Å²) in [6.07, 6.45) is 0. The molecule has 0 saturated carbocycles. The molecule has 0 aliphatic carbocycles. The van der Waals surface area contributed by atoms with Crippen molar-refractivity contribution in [1.82, 2.24) is 0 Å². The van der Waals surface area contributed by atoms with Crippen molar-refractivity contribution >= 4 is 11.7 Å². The average molecular weight is 227 g/mol. The zero-order valence-electron chi connectivity index (χ0n) is 9.12. The average Bonchev–Trinajstić information content (AvgIpc) is 2.20. The third-order valence-electron chi connectivity index (χ3n) is 2.10. The van der Waals surface area contributed by atoms with Crippen molar-refractivity contribution < 1.29 is 19.4 Å². The van der Waals surface area contributed by atoms with Crippen LogP contribution in [0.25, 0.3) is 0 Å². The van der Waals surface area contributed by atoms with E-state index in [4.69, 9.17) is 10.2 Å². The van der Waals surface area contributed by atoms with Gasteiger partial charge in [0.1, 0.15) is 5.82 Å². The predicted octanol–water partition coefficient (Wildman–Crippen LogP) is 1.71. The Labute approximate surface area is 92.7 Å². The maximum Gasteiger partial charge on any atom is 0.337 e. The largest absolute Gasteiger partial charge is 0.478 e. The van der Waals surface area contributed by atoms with E-state index in [0.717, 1.165) is 0 Å². The Kier molecular flexibility index (Phi) is 3.49. The summed E-state index contributed by atoms with van der Waals surface area (Å²) in [4.78, 5) is 10.9. The summed E-state index contributed by atoms with van der Waals surface area (Å²) in [5.41, 5.74) is -1.04. The van der Waals surface area contributed by atoms with E-state index in [1.165, 1.54) is 18.2 Å². The standard InChI is InChI=1S/C11H14FNO3/c1-11(2,6-14)13-9-7(10(15)16)4-3-5-8(9)12/h3-5,13-14H,6H2,1-2H3,(H,15,16). The fraction of sp³-hybridized carbons (Fsp3) is 0.364. The lowest BCUT2D eigenvalue weighted by Crippen LogP contribution is -2.36. The minimum absolute atomic E-state index is 0.103. The Bertz CT molecular complexity index is 404. The lowest BCUT2D eigenvalue weighted by atomic mass is 10.0. The van der Waals surface area contributed by atoms with Crippen LogP contribution in [0.3, 0.4) is 0 Å². The Balaban J connectivity index is 3.16. The van der Waals surface area contributed by atoms with Gasteiger partial charge < -0.3 is 15.5 Å². The minimum Gasteiger partial charge on any atom is -0.478 e. The van der Waals surface area contributed by atoms with Gasteiger partial charge >= 0.3 is 5.97 Å². The van der Waals surface area contributed by atoms with Crippen LogP contribution in [-0.2, 0) is 0 Å². The molecule has 0 unspecified atom stereocenters. The highest BCUT2D eigenvalue weighted by Gasteiger charge is 2.22. The summed E-state index contributed by atoms with van der Waals surface area (Å²) < 4.78 is 13.5. The summed E-state index contributed by atoms with van der Waals surface area (Å²) >= 11 is 0. The molecule has 88 valence electrons. The first-order valence-corrected chi connectivity index (χ1v) is 4.78. The minimum atomic E-state index is -1.21. The van der Waals surface area contributed by atoms with Gasteiger partial charge in [0.15, 0.2) is 0 Å². The molecule has 0 spiro atoms. The number of para-hydroxylation sites is 1. The van der Waals surface area contributed by atoms with Crippen molar-refractivity contribution in [3.05, 3.63) is 29.6 Å². The van der Waals surface area contributed by atoms with Crippen LogP contribution in [0.1, 0.15) is 24.2 Å². The molecule has 3 N–H and O–H groups in total. The van der Waals surface area contributed by atoms with Crippen molar-refractivity contribution in [1.29, 1.82) is 0 Å². The lowest BCUT2D eigenvalue weighted by molar-refractivity contribution is 0.0697. The molecule has 1 aromatic carbocycles. The monoisotopic (exact) mass is 227 g/mol. The number of anilines is 1. The first-order valence-electron chi connectivity index (χ1n) is 4.78. The van der Waals surface area contributed by atoms with Gasteiger partial charge in [-0.15, -0.1) is 0 Å². The van der Waals surface area contributed by atoms with E-state index in [2.05, 4.69) is 5.32 Å². The summed E-state index contributed by atoms with van der Waals surface area (Å²) in [6, 6.07) is 3.80. The Morgan fingerprint density at radius 1 is 1.50 bits per heavy atom. The van der Waals surface area contributed by atoms with Crippen molar-refractivity contribution in [2.24, 2.45) is 0 Å². The molecule has 1 aromatic rings. The molecule has 0 aromatic heterocycles.